The van der Waals surface area contributed by atoms with Gasteiger partial charge in [-0.25, -0.2) is 4.98 Å². The number of ether oxygens (including phenoxy) is 1. The van der Waals surface area contributed by atoms with Crippen LogP contribution in [0.15, 0.2) is 53.8 Å². The smallest absolute Gasteiger partial charge is 0.213 e. The Labute approximate surface area is 171 Å². The van der Waals surface area contributed by atoms with Gasteiger partial charge in [-0.3, -0.25) is 4.99 Å². The van der Waals surface area contributed by atoms with Crippen LogP contribution in [0.4, 0.5) is 0 Å². The molecule has 1 aliphatic heterocycles. The standard InChI is InChI=1S/C24H26N4O/c1-3-25-9-8-20-10-18-5-4-17(11-22(18)28(20)2)19-6-7-23(27-14-19)29-21-12-24(13-21)15-26-16-24/h3-11,14,21,26H,12-13,15-16H2,1-2H3/b9-8-,25-3?. The number of hydrogen-bond acceptors (Lipinski definition) is 4. The van der Waals surface area contributed by atoms with Crippen LogP contribution in [0.25, 0.3) is 28.1 Å². The summed E-state index contributed by atoms with van der Waals surface area (Å²) in [5, 5.41) is 4.58. The van der Waals surface area contributed by atoms with Gasteiger partial charge in [-0.05, 0) is 49.6 Å². The third kappa shape index (κ3) is 3.36. The van der Waals surface area contributed by atoms with Crippen LogP contribution in [-0.2, 0) is 7.05 Å². The normalized spacial score (nSPS) is 18.6. The van der Waals surface area contributed by atoms with Crippen LogP contribution in [0.3, 0.4) is 0 Å². The Hall–Kier alpha value is -2.92. The van der Waals surface area contributed by atoms with E-state index in [4.69, 9.17) is 4.74 Å². The Morgan fingerprint density at radius 1 is 1.17 bits per heavy atom. The largest absolute Gasteiger partial charge is 0.474 e. The van der Waals surface area contributed by atoms with E-state index in [0.29, 0.717) is 11.5 Å². The molecule has 1 saturated carbocycles. The first-order valence-electron chi connectivity index (χ1n) is 10.2. The van der Waals surface area contributed by atoms with Gasteiger partial charge in [-0.15, -0.1) is 0 Å². The third-order valence-electron chi connectivity index (χ3n) is 6.24. The highest BCUT2D eigenvalue weighted by Crippen LogP contribution is 2.45. The van der Waals surface area contributed by atoms with Crippen LogP contribution in [-0.4, -0.2) is 35.0 Å². The van der Waals surface area contributed by atoms with Crippen LogP contribution < -0.4 is 10.1 Å². The molecular weight excluding hydrogens is 360 g/mol. The van der Waals surface area contributed by atoms with Gasteiger partial charge in [0.2, 0.25) is 5.88 Å². The van der Waals surface area contributed by atoms with Gasteiger partial charge in [-0.1, -0.05) is 12.1 Å². The van der Waals surface area contributed by atoms with Gasteiger partial charge in [-0.2, -0.15) is 0 Å². The van der Waals surface area contributed by atoms with Crippen molar-refractivity contribution >= 4 is 23.2 Å². The lowest BCUT2D eigenvalue weighted by atomic mass is 9.63. The van der Waals surface area contributed by atoms with Crippen LogP contribution in [0, 0.1) is 5.41 Å². The van der Waals surface area contributed by atoms with Gasteiger partial charge in [0.15, 0.2) is 0 Å². The fraction of sp³-hybridized carbons (Fsp3) is 0.333. The number of hydrogen-bond donors (Lipinski definition) is 1. The Morgan fingerprint density at radius 3 is 2.69 bits per heavy atom. The average molecular weight is 386 g/mol. The molecule has 2 aromatic heterocycles. The third-order valence-corrected chi connectivity index (χ3v) is 6.24. The Balaban J connectivity index is 1.32. The first-order valence-corrected chi connectivity index (χ1v) is 10.2. The molecule has 5 heteroatoms. The molecule has 3 heterocycles. The number of pyridine rings is 1. The van der Waals surface area contributed by atoms with Gasteiger partial charge >= 0.3 is 0 Å². The summed E-state index contributed by atoms with van der Waals surface area (Å²) in [6.45, 7) is 4.20. The van der Waals surface area contributed by atoms with E-state index in [0.717, 1.165) is 48.6 Å². The number of fused-ring (bicyclic) bond motifs is 1. The average Bonchev–Trinajstić information content (AvgIpc) is 2.99. The summed E-state index contributed by atoms with van der Waals surface area (Å²) in [6, 6.07) is 12.8. The number of nitrogens with one attached hydrogen (secondary N) is 1. The minimum atomic E-state index is 0.318. The monoisotopic (exact) mass is 386 g/mol. The van der Waals surface area contributed by atoms with Crippen LogP contribution >= 0.6 is 0 Å². The molecular formula is C24H26N4O. The molecule has 1 saturated heterocycles. The molecule has 148 valence electrons. The van der Waals surface area contributed by atoms with Crippen molar-refractivity contribution in [2.45, 2.75) is 25.9 Å². The van der Waals surface area contributed by atoms with Crippen LogP contribution in [0.1, 0.15) is 25.5 Å². The van der Waals surface area contributed by atoms with Gasteiger partial charge < -0.3 is 14.6 Å². The molecule has 0 bridgehead atoms. The molecule has 5 nitrogen and oxygen atoms in total. The molecule has 1 aromatic carbocycles. The number of benzene rings is 1. The van der Waals surface area contributed by atoms with Crippen molar-refractivity contribution in [1.82, 2.24) is 14.9 Å². The number of aromatic nitrogens is 2. The predicted octanol–water partition coefficient (Wildman–Crippen LogP) is 4.43. The molecule has 29 heavy (non-hydrogen) atoms. The van der Waals surface area contributed by atoms with E-state index in [2.05, 4.69) is 57.2 Å². The van der Waals surface area contributed by atoms with E-state index >= 15 is 0 Å². The van der Waals surface area contributed by atoms with Crippen LogP contribution in [0.2, 0.25) is 0 Å². The summed E-state index contributed by atoms with van der Waals surface area (Å²) < 4.78 is 8.24. The van der Waals surface area contributed by atoms with E-state index in [1.54, 1.807) is 6.21 Å². The lowest BCUT2D eigenvalue weighted by molar-refractivity contribution is -0.0513. The molecule has 5 rings (SSSR count). The summed E-state index contributed by atoms with van der Waals surface area (Å²) in [5.74, 6) is 0.727. The molecule has 3 aromatic rings. The minimum Gasteiger partial charge on any atom is -0.474 e. The number of aliphatic imine (C=N–C) groups is 1. The maximum absolute atomic E-state index is 6.05. The molecule has 2 aliphatic rings. The van der Waals surface area contributed by atoms with Gasteiger partial charge in [0.05, 0.1) is 0 Å². The SMILES string of the molecule is CC=N/C=C\c1cc2ccc(-c3ccc(OC4CC5(CNC5)C4)nc3)cc2n1C. The van der Waals surface area contributed by atoms with Gasteiger partial charge in [0.25, 0.3) is 0 Å². The van der Waals surface area contributed by atoms with E-state index < -0.39 is 0 Å². The highest BCUT2D eigenvalue weighted by atomic mass is 16.5. The highest BCUT2D eigenvalue weighted by molar-refractivity contribution is 5.88. The predicted molar refractivity (Wildman–Crippen MR) is 118 cm³/mol. The van der Waals surface area contributed by atoms with Gasteiger partial charge in [0, 0.05) is 72.4 Å². The zero-order valence-electron chi connectivity index (χ0n) is 16.9. The second-order valence-electron chi connectivity index (χ2n) is 8.26. The quantitative estimate of drug-likeness (QED) is 0.660. The van der Waals surface area contributed by atoms with E-state index in [1.165, 1.54) is 10.9 Å². The summed E-state index contributed by atoms with van der Waals surface area (Å²) in [5.41, 5.74) is 5.09. The Morgan fingerprint density at radius 2 is 2.00 bits per heavy atom. The highest BCUT2D eigenvalue weighted by Gasteiger charge is 2.49. The number of aryl methyl sites for hydroxylation is 1. The second-order valence-corrected chi connectivity index (χ2v) is 8.26. The molecule has 1 N–H and O–H groups in total. The maximum atomic E-state index is 6.05. The second kappa shape index (κ2) is 7.16. The Bertz CT molecular complexity index is 1080. The summed E-state index contributed by atoms with van der Waals surface area (Å²) >= 11 is 0. The summed E-state index contributed by atoms with van der Waals surface area (Å²) in [6.07, 6.45) is 10.2. The molecule has 0 unspecified atom stereocenters. The first kappa shape index (κ1) is 18.1. The molecule has 0 atom stereocenters. The molecule has 2 fully saturated rings. The van der Waals surface area contributed by atoms with E-state index in [1.807, 2.05) is 31.5 Å². The first-order chi connectivity index (χ1) is 14.2. The van der Waals surface area contributed by atoms with Crippen molar-refractivity contribution in [3.63, 3.8) is 0 Å². The van der Waals surface area contributed by atoms with Gasteiger partial charge in [0.1, 0.15) is 6.10 Å². The zero-order valence-corrected chi connectivity index (χ0v) is 16.9. The topological polar surface area (TPSA) is 51.4 Å². The van der Waals surface area contributed by atoms with Crippen molar-refractivity contribution in [2.75, 3.05) is 13.1 Å². The maximum Gasteiger partial charge on any atom is 0.213 e. The molecule has 0 amide bonds. The fourth-order valence-electron chi connectivity index (χ4n) is 4.44. The molecule has 1 aliphatic carbocycles. The van der Waals surface area contributed by atoms with Crippen molar-refractivity contribution in [1.29, 1.82) is 0 Å². The zero-order chi connectivity index (χ0) is 19.8. The summed E-state index contributed by atoms with van der Waals surface area (Å²) in [7, 11) is 2.08. The Kier molecular flexibility index (Phi) is 4.47. The lowest BCUT2D eigenvalue weighted by Gasteiger charge is -2.53. The number of rotatable bonds is 5. The van der Waals surface area contributed by atoms with Crippen molar-refractivity contribution < 1.29 is 4.74 Å². The molecule has 0 radical (unpaired) electrons. The summed E-state index contributed by atoms with van der Waals surface area (Å²) in [4.78, 5) is 8.71. The van der Waals surface area contributed by atoms with Crippen LogP contribution in [0.5, 0.6) is 5.88 Å². The van der Waals surface area contributed by atoms with Crippen molar-refractivity contribution in [2.24, 2.45) is 17.5 Å². The lowest BCUT2D eigenvalue weighted by Crippen LogP contribution is -2.62. The minimum absolute atomic E-state index is 0.318. The van der Waals surface area contributed by atoms with Crippen molar-refractivity contribution in [3.8, 4) is 17.0 Å². The van der Waals surface area contributed by atoms with E-state index in [9.17, 15) is 0 Å². The number of nitrogens with zero attached hydrogens (tertiary/aromatic N) is 3. The van der Waals surface area contributed by atoms with Crippen molar-refractivity contribution in [3.05, 3.63) is 54.5 Å². The molecule has 1 spiro atoms. The van der Waals surface area contributed by atoms with E-state index in [-0.39, 0.29) is 0 Å². The fourth-order valence-corrected chi connectivity index (χ4v) is 4.44.